The van der Waals surface area contributed by atoms with Crippen LogP contribution in [0.4, 0.5) is 5.69 Å². The second kappa shape index (κ2) is 6.38. The lowest BCUT2D eigenvalue weighted by molar-refractivity contribution is 0.715. The van der Waals surface area contributed by atoms with Crippen LogP contribution in [0.1, 0.15) is 31.3 Å². The molecule has 100 valence electrons. The number of nitrogens with one attached hydrogen (secondary N) is 1. The first-order chi connectivity index (χ1) is 8.72. The Morgan fingerprint density at radius 2 is 2.11 bits per heavy atom. The van der Waals surface area contributed by atoms with Crippen molar-refractivity contribution in [1.29, 1.82) is 0 Å². The Bertz CT molecular complexity index is 389. The van der Waals surface area contributed by atoms with Gasteiger partial charge in [-0.25, -0.2) is 9.97 Å². The van der Waals surface area contributed by atoms with E-state index in [2.05, 4.69) is 29.0 Å². The van der Waals surface area contributed by atoms with Crippen molar-refractivity contribution in [1.82, 2.24) is 15.3 Å². The van der Waals surface area contributed by atoms with Gasteiger partial charge in [0.05, 0.1) is 17.6 Å². The van der Waals surface area contributed by atoms with E-state index in [0.29, 0.717) is 5.92 Å². The van der Waals surface area contributed by atoms with Crippen molar-refractivity contribution in [2.45, 2.75) is 26.3 Å². The van der Waals surface area contributed by atoms with Crippen molar-refractivity contribution < 1.29 is 0 Å². The summed E-state index contributed by atoms with van der Waals surface area (Å²) < 4.78 is 0. The Kier molecular flexibility index (Phi) is 4.83. The molecule has 1 aliphatic heterocycles. The van der Waals surface area contributed by atoms with Crippen molar-refractivity contribution in [2.24, 2.45) is 0 Å². The van der Waals surface area contributed by atoms with Crippen LogP contribution in [-0.4, -0.2) is 41.6 Å². The molecule has 0 aromatic carbocycles. The van der Waals surface area contributed by atoms with Crippen LogP contribution in [-0.2, 0) is 6.54 Å². The number of thioether (sulfide) groups is 1. The number of rotatable bonds is 4. The standard InChI is InChI=1S/C13H22N4S/c1-10(2)13-15-9-12(11(16-13)8-14-3)17-4-6-18-7-5-17/h9-10,14H,4-8H2,1-3H3. The SMILES string of the molecule is CNCc1nc(C(C)C)ncc1N1CCSCC1. The highest BCUT2D eigenvalue weighted by molar-refractivity contribution is 7.99. The van der Waals surface area contributed by atoms with Crippen molar-refractivity contribution in [2.75, 3.05) is 36.5 Å². The number of nitrogens with zero attached hydrogens (tertiary/aromatic N) is 3. The maximum atomic E-state index is 4.72. The van der Waals surface area contributed by atoms with Gasteiger partial charge in [-0.15, -0.1) is 0 Å². The van der Waals surface area contributed by atoms with Crippen molar-refractivity contribution in [3.05, 3.63) is 17.7 Å². The Hall–Kier alpha value is -0.810. The monoisotopic (exact) mass is 266 g/mol. The third-order valence-corrected chi connectivity index (χ3v) is 4.02. The molecule has 4 nitrogen and oxygen atoms in total. The first-order valence-electron chi connectivity index (χ1n) is 6.55. The summed E-state index contributed by atoms with van der Waals surface area (Å²) in [6.07, 6.45) is 2.00. The van der Waals surface area contributed by atoms with Gasteiger partial charge in [-0.3, -0.25) is 0 Å². The second-order valence-corrected chi connectivity index (χ2v) is 6.07. The molecule has 0 amide bonds. The van der Waals surface area contributed by atoms with E-state index in [1.807, 2.05) is 25.0 Å². The minimum Gasteiger partial charge on any atom is -0.367 e. The van der Waals surface area contributed by atoms with Crippen LogP contribution in [0.15, 0.2) is 6.20 Å². The van der Waals surface area contributed by atoms with E-state index in [4.69, 9.17) is 4.98 Å². The molecular formula is C13H22N4S. The summed E-state index contributed by atoms with van der Waals surface area (Å²) in [6.45, 7) is 7.28. The number of anilines is 1. The second-order valence-electron chi connectivity index (χ2n) is 4.84. The Morgan fingerprint density at radius 1 is 1.39 bits per heavy atom. The van der Waals surface area contributed by atoms with Crippen LogP contribution < -0.4 is 10.2 Å². The molecule has 0 saturated carbocycles. The molecule has 1 saturated heterocycles. The maximum absolute atomic E-state index is 4.72. The predicted molar refractivity (Wildman–Crippen MR) is 78.4 cm³/mol. The first-order valence-corrected chi connectivity index (χ1v) is 7.71. The van der Waals surface area contributed by atoms with E-state index in [-0.39, 0.29) is 0 Å². The minimum absolute atomic E-state index is 0.381. The van der Waals surface area contributed by atoms with Gasteiger partial charge in [0.1, 0.15) is 5.82 Å². The molecule has 1 fully saturated rings. The van der Waals surface area contributed by atoms with Gasteiger partial charge in [0.2, 0.25) is 0 Å². The Morgan fingerprint density at radius 3 is 2.72 bits per heavy atom. The summed E-state index contributed by atoms with van der Waals surface area (Å²) >= 11 is 2.02. The first kappa shape index (κ1) is 13.6. The van der Waals surface area contributed by atoms with Crippen molar-refractivity contribution in [3.8, 4) is 0 Å². The zero-order valence-electron chi connectivity index (χ0n) is 11.4. The summed E-state index contributed by atoms with van der Waals surface area (Å²) in [5, 5.41) is 3.21. The van der Waals surface area contributed by atoms with Crippen LogP contribution in [0.5, 0.6) is 0 Å². The Balaban J connectivity index is 2.27. The predicted octanol–water partition coefficient (Wildman–Crippen LogP) is 1.87. The highest BCUT2D eigenvalue weighted by atomic mass is 32.2. The Labute approximate surface area is 114 Å². The van der Waals surface area contributed by atoms with E-state index in [1.54, 1.807) is 0 Å². The zero-order valence-corrected chi connectivity index (χ0v) is 12.3. The van der Waals surface area contributed by atoms with Gasteiger partial charge in [0.25, 0.3) is 0 Å². The molecule has 18 heavy (non-hydrogen) atoms. The number of aromatic nitrogens is 2. The summed E-state index contributed by atoms with van der Waals surface area (Å²) in [6, 6.07) is 0. The molecule has 1 aromatic rings. The quantitative estimate of drug-likeness (QED) is 0.901. The van der Waals surface area contributed by atoms with E-state index in [0.717, 1.165) is 31.2 Å². The lowest BCUT2D eigenvalue weighted by Gasteiger charge is -2.29. The molecule has 1 N–H and O–H groups in total. The fraction of sp³-hybridized carbons (Fsp3) is 0.692. The van der Waals surface area contributed by atoms with E-state index in [1.165, 1.54) is 17.2 Å². The van der Waals surface area contributed by atoms with Gasteiger partial charge in [-0.2, -0.15) is 11.8 Å². The van der Waals surface area contributed by atoms with Crippen LogP contribution in [0, 0.1) is 0 Å². The average molecular weight is 266 g/mol. The summed E-state index contributed by atoms with van der Waals surface area (Å²) in [5.74, 6) is 3.72. The van der Waals surface area contributed by atoms with Crippen LogP contribution in [0.3, 0.4) is 0 Å². The molecule has 0 unspecified atom stereocenters. The summed E-state index contributed by atoms with van der Waals surface area (Å²) in [7, 11) is 1.97. The van der Waals surface area contributed by atoms with Gasteiger partial charge >= 0.3 is 0 Å². The third kappa shape index (κ3) is 3.14. The molecule has 2 rings (SSSR count). The van der Waals surface area contributed by atoms with Crippen LogP contribution >= 0.6 is 11.8 Å². The topological polar surface area (TPSA) is 41.1 Å². The lowest BCUT2D eigenvalue weighted by Crippen LogP contribution is -2.34. The van der Waals surface area contributed by atoms with Gasteiger partial charge < -0.3 is 10.2 Å². The largest absolute Gasteiger partial charge is 0.367 e. The van der Waals surface area contributed by atoms with Crippen molar-refractivity contribution in [3.63, 3.8) is 0 Å². The van der Waals surface area contributed by atoms with Gasteiger partial charge in [0.15, 0.2) is 0 Å². The third-order valence-electron chi connectivity index (χ3n) is 3.08. The van der Waals surface area contributed by atoms with Crippen LogP contribution in [0.25, 0.3) is 0 Å². The summed E-state index contributed by atoms with van der Waals surface area (Å²) in [5.41, 5.74) is 2.33. The van der Waals surface area contributed by atoms with E-state index >= 15 is 0 Å². The van der Waals surface area contributed by atoms with Gasteiger partial charge in [-0.1, -0.05) is 13.8 Å². The lowest BCUT2D eigenvalue weighted by atomic mass is 10.2. The molecule has 2 heterocycles. The van der Waals surface area contributed by atoms with Crippen LogP contribution in [0.2, 0.25) is 0 Å². The molecule has 1 aliphatic rings. The van der Waals surface area contributed by atoms with Gasteiger partial charge in [0, 0.05) is 37.1 Å². The number of hydrogen-bond donors (Lipinski definition) is 1. The smallest absolute Gasteiger partial charge is 0.131 e. The molecule has 0 spiro atoms. The highest BCUT2D eigenvalue weighted by Gasteiger charge is 2.17. The molecule has 5 heteroatoms. The molecule has 0 aliphatic carbocycles. The molecular weight excluding hydrogens is 244 g/mol. The molecule has 0 radical (unpaired) electrons. The minimum atomic E-state index is 0.381. The highest BCUT2D eigenvalue weighted by Crippen LogP contribution is 2.23. The fourth-order valence-electron chi connectivity index (χ4n) is 2.07. The van der Waals surface area contributed by atoms with E-state index in [9.17, 15) is 0 Å². The fourth-order valence-corrected chi connectivity index (χ4v) is 2.97. The molecule has 0 bridgehead atoms. The normalized spacial score (nSPS) is 16.3. The van der Waals surface area contributed by atoms with Gasteiger partial charge in [-0.05, 0) is 7.05 Å². The molecule has 1 aromatic heterocycles. The molecule has 0 atom stereocenters. The maximum Gasteiger partial charge on any atom is 0.131 e. The van der Waals surface area contributed by atoms with E-state index < -0.39 is 0 Å². The average Bonchev–Trinajstić information content (AvgIpc) is 2.40. The van der Waals surface area contributed by atoms with Crippen molar-refractivity contribution >= 4 is 17.4 Å². The zero-order chi connectivity index (χ0) is 13.0. The summed E-state index contributed by atoms with van der Waals surface area (Å²) in [4.78, 5) is 11.6. The number of hydrogen-bond acceptors (Lipinski definition) is 5.